The maximum absolute atomic E-state index is 12.4. The Balaban J connectivity index is 1.60. The Bertz CT molecular complexity index is 828. The van der Waals surface area contributed by atoms with Crippen LogP contribution >= 0.6 is 11.6 Å². The van der Waals surface area contributed by atoms with Crippen LogP contribution in [-0.2, 0) is 9.53 Å². The molecule has 2 aromatic rings. The second-order valence-corrected chi connectivity index (χ2v) is 7.78. The summed E-state index contributed by atoms with van der Waals surface area (Å²) in [5.74, 6) is 1.29. The summed E-state index contributed by atoms with van der Waals surface area (Å²) >= 11 is 6.19. The van der Waals surface area contributed by atoms with E-state index in [0.717, 1.165) is 40.6 Å². The van der Waals surface area contributed by atoms with E-state index in [2.05, 4.69) is 10.2 Å². The lowest BCUT2D eigenvalue weighted by Gasteiger charge is -2.35. The van der Waals surface area contributed by atoms with Crippen molar-refractivity contribution in [3.05, 3.63) is 58.1 Å². The summed E-state index contributed by atoms with van der Waals surface area (Å²) in [4.78, 5) is 14.8. The van der Waals surface area contributed by atoms with Gasteiger partial charge in [-0.25, -0.2) is 0 Å². The van der Waals surface area contributed by atoms with Crippen LogP contribution in [0.2, 0.25) is 5.02 Å². The van der Waals surface area contributed by atoms with Gasteiger partial charge in [-0.05, 0) is 54.8 Å². The summed E-state index contributed by atoms with van der Waals surface area (Å²) in [5, 5.41) is 3.74. The van der Waals surface area contributed by atoms with Crippen LogP contribution < -0.4 is 14.8 Å². The Hall–Kier alpha value is -2.28. The van der Waals surface area contributed by atoms with E-state index in [4.69, 9.17) is 25.8 Å². The number of hydrogen-bond donors (Lipinski definition) is 1. The van der Waals surface area contributed by atoms with Gasteiger partial charge in [-0.3, -0.25) is 9.69 Å². The molecular formula is C23H29ClN2O4. The highest BCUT2D eigenvalue weighted by atomic mass is 35.5. The third-order valence-corrected chi connectivity index (χ3v) is 5.86. The molecule has 0 unspecified atom stereocenters. The predicted molar refractivity (Wildman–Crippen MR) is 118 cm³/mol. The van der Waals surface area contributed by atoms with E-state index in [1.165, 1.54) is 0 Å². The molecule has 6 nitrogen and oxygen atoms in total. The minimum Gasteiger partial charge on any atom is -0.497 e. The first-order valence-corrected chi connectivity index (χ1v) is 10.5. The van der Waals surface area contributed by atoms with Crippen molar-refractivity contribution < 1.29 is 19.0 Å². The highest BCUT2D eigenvalue weighted by Gasteiger charge is 2.23. The SMILES string of the molecule is COc1ccc([C@@H](CNC(=O)COc2cc(C)c(Cl)c(C)c2)N2CCOCC2)cc1. The number of carbonyl (C=O) groups is 1. The summed E-state index contributed by atoms with van der Waals surface area (Å²) in [6, 6.07) is 11.7. The Morgan fingerprint density at radius 3 is 2.37 bits per heavy atom. The fourth-order valence-electron chi connectivity index (χ4n) is 3.57. The number of morpholine rings is 1. The summed E-state index contributed by atoms with van der Waals surface area (Å²) in [5.41, 5.74) is 2.99. The summed E-state index contributed by atoms with van der Waals surface area (Å²) in [6.45, 7) is 7.33. The molecule has 1 aliphatic rings. The molecule has 1 aliphatic heterocycles. The number of nitrogens with zero attached hydrogens (tertiary/aromatic N) is 1. The van der Waals surface area contributed by atoms with Gasteiger partial charge in [0.15, 0.2) is 6.61 Å². The van der Waals surface area contributed by atoms with Gasteiger partial charge in [0.2, 0.25) is 0 Å². The van der Waals surface area contributed by atoms with E-state index in [9.17, 15) is 4.79 Å². The molecule has 7 heteroatoms. The smallest absolute Gasteiger partial charge is 0.258 e. The van der Waals surface area contributed by atoms with Crippen molar-refractivity contribution in [2.75, 3.05) is 46.6 Å². The summed E-state index contributed by atoms with van der Waals surface area (Å²) in [7, 11) is 1.65. The van der Waals surface area contributed by atoms with Gasteiger partial charge in [-0.2, -0.15) is 0 Å². The Morgan fingerprint density at radius 2 is 1.77 bits per heavy atom. The lowest BCUT2D eigenvalue weighted by molar-refractivity contribution is -0.123. The van der Waals surface area contributed by atoms with Crippen LogP contribution in [0.3, 0.4) is 0 Å². The molecule has 162 valence electrons. The zero-order valence-electron chi connectivity index (χ0n) is 17.7. The highest BCUT2D eigenvalue weighted by Crippen LogP contribution is 2.26. The third kappa shape index (κ3) is 5.88. The number of methoxy groups -OCH3 is 1. The van der Waals surface area contributed by atoms with Gasteiger partial charge >= 0.3 is 0 Å². The zero-order chi connectivity index (χ0) is 21.5. The minimum absolute atomic E-state index is 0.0427. The predicted octanol–water partition coefficient (Wildman–Crippen LogP) is 3.53. The Kier molecular flexibility index (Phi) is 7.96. The number of benzene rings is 2. The van der Waals surface area contributed by atoms with Crippen molar-refractivity contribution in [1.82, 2.24) is 10.2 Å². The zero-order valence-corrected chi connectivity index (χ0v) is 18.5. The molecule has 0 aromatic heterocycles. The fraction of sp³-hybridized carbons (Fsp3) is 0.435. The van der Waals surface area contributed by atoms with Crippen LogP contribution in [0.4, 0.5) is 0 Å². The van der Waals surface area contributed by atoms with Crippen molar-refractivity contribution >= 4 is 17.5 Å². The molecule has 30 heavy (non-hydrogen) atoms. The summed E-state index contributed by atoms with van der Waals surface area (Å²) < 4.78 is 16.4. The van der Waals surface area contributed by atoms with Crippen molar-refractivity contribution in [3.8, 4) is 11.5 Å². The summed E-state index contributed by atoms with van der Waals surface area (Å²) in [6.07, 6.45) is 0. The number of rotatable bonds is 8. The molecule has 0 radical (unpaired) electrons. The number of nitrogens with one attached hydrogen (secondary N) is 1. The van der Waals surface area contributed by atoms with Crippen LogP contribution in [0.15, 0.2) is 36.4 Å². The Labute approximate surface area is 183 Å². The van der Waals surface area contributed by atoms with Crippen LogP contribution in [0.1, 0.15) is 22.7 Å². The number of carbonyl (C=O) groups excluding carboxylic acids is 1. The molecular weight excluding hydrogens is 404 g/mol. The largest absolute Gasteiger partial charge is 0.497 e. The molecule has 3 rings (SSSR count). The molecule has 0 spiro atoms. The van der Waals surface area contributed by atoms with Gasteiger partial charge < -0.3 is 19.5 Å². The maximum Gasteiger partial charge on any atom is 0.258 e. The second-order valence-electron chi connectivity index (χ2n) is 7.40. The van der Waals surface area contributed by atoms with Gasteiger partial charge in [-0.1, -0.05) is 23.7 Å². The van der Waals surface area contributed by atoms with Gasteiger partial charge in [0.1, 0.15) is 11.5 Å². The van der Waals surface area contributed by atoms with E-state index >= 15 is 0 Å². The third-order valence-electron chi connectivity index (χ3n) is 5.26. The maximum atomic E-state index is 12.4. The molecule has 0 bridgehead atoms. The van der Waals surface area contributed by atoms with E-state index < -0.39 is 0 Å². The van der Waals surface area contributed by atoms with Crippen molar-refractivity contribution in [1.29, 1.82) is 0 Å². The molecule has 0 aliphatic carbocycles. The molecule has 2 aromatic carbocycles. The van der Waals surface area contributed by atoms with Crippen LogP contribution in [-0.4, -0.2) is 57.4 Å². The lowest BCUT2D eigenvalue weighted by atomic mass is 10.0. The van der Waals surface area contributed by atoms with Crippen LogP contribution in [0.25, 0.3) is 0 Å². The molecule has 1 saturated heterocycles. The topological polar surface area (TPSA) is 60.0 Å². The van der Waals surface area contributed by atoms with Gasteiger partial charge in [0.25, 0.3) is 5.91 Å². The van der Waals surface area contributed by atoms with Crippen molar-refractivity contribution in [3.63, 3.8) is 0 Å². The first kappa shape index (κ1) is 22.4. The molecule has 1 heterocycles. The standard InChI is InChI=1S/C23H29ClN2O4/c1-16-12-20(13-17(2)23(16)24)30-15-22(27)25-14-21(26-8-10-29-11-9-26)18-4-6-19(28-3)7-5-18/h4-7,12-13,21H,8-11,14-15H2,1-3H3,(H,25,27)/t21-/m1/s1. The lowest BCUT2D eigenvalue weighted by Crippen LogP contribution is -2.44. The molecule has 0 saturated carbocycles. The van der Waals surface area contributed by atoms with E-state index in [1.54, 1.807) is 7.11 Å². The quantitative estimate of drug-likeness (QED) is 0.691. The number of halogens is 1. The first-order valence-electron chi connectivity index (χ1n) is 10.1. The van der Waals surface area contributed by atoms with Crippen molar-refractivity contribution in [2.45, 2.75) is 19.9 Å². The number of amides is 1. The normalized spacial score (nSPS) is 15.5. The molecule has 1 fully saturated rings. The van der Waals surface area contributed by atoms with Crippen LogP contribution in [0, 0.1) is 13.8 Å². The monoisotopic (exact) mass is 432 g/mol. The van der Waals surface area contributed by atoms with Gasteiger partial charge in [-0.15, -0.1) is 0 Å². The van der Waals surface area contributed by atoms with Gasteiger partial charge in [0.05, 0.1) is 26.4 Å². The van der Waals surface area contributed by atoms with E-state index in [0.29, 0.717) is 25.5 Å². The minimum atomic E-state index is -0.160. The van der Waals surface area contributed by atoms with Gasteiger partial charge in [0, 0.05) is 24.7 Å². The average Bonchev–Trinajstić information content (AvgIpc) is 2.77. The number of hydrogen-bond acceptors (Lipinski definition) is 5. The average molecular weight is 433 g/mol. The molecule has 1 N–H and O–H groups in total. The number of aryl methyl sites for hydroxylation is 2. The van der Waals surface area contributed by atoms with Crippen molar-refractivity contribution in [2.24, 2.45) is 0 Å². The number of ether oxygens (including phenoxy) is 3. The highest BCUT2D eigenvalue weighted by molar-refractivity contribution is 6.32. The Morgan fingerprint density at radius 1 is 1.13 bits per heavy atom. The van der Waals surface area contributed by atoms with Crippen LogP contribution in [0.5, 0.6) is 11.5 Å². The van der Waals surface area contributed by atoms with E-state index in [-0.39, 0.29) is 18.6 Å². The first-order chi connectivity index (χ1) is 14.5. The molecule has 1 atom stereocenters. The second kappa shape index (κ2) is 10.7. The van der Waals surface area contributed by atoms with E-state index in [1.807, 2.05) is 50.2 Å². The molecule has 1 amide bonds. The fourth-order valence-corrected chi connectivity index (χ4v) is 3.68.